The molecule has 6 nitrogen and oxygen atoms in total. The third kappa shape index (κ3) is 3.90. The molecule has 0 spiro atoms. The number of hydrogen-bond donors (Lipinski definition) is 1. The van der Waals surface area contributed by atoms with Crippen LogP contribution in [-0.4, -0.2) is 26.1 Å². The largest absolute Gasteiger partial charge is 0.324 e. The molecule has 1 heterocycles. The molecule has 0 bridgehead atoms. The van der Waals surface area contributed by atoms with E-state index in [1.165, 1.54) is 4.80 Å². The summed E-state index contributed by atoms with van der Waals surface area (Å²) in [7, 11) is 0. The molecule has 0 atom stereocenters. The van der Waals surface area contributed by atoms with E-state index in [0.717, 1.165) is 11.1 Å². The fourth-order valence-electron chi connectivity index (χ4n) is 2.05. The van der Waals surface area contributed by atoms with E-state index >= 15 is 0 Å². The summed E-state index contributed by atoms with van der Waals surface area (Å²) in [4.78, 5) is 13.3. The van der Waals surface area contributed by atoms with Gasteiger partial charge in [-0.2, -0.15) is 4.80 Å². The highest BCUT2D eigenvalue weighted by Gasteiger charge is 2.10. The molecule has 0 saturated carbocycles. The van der Waals surface area contributed by atoms with Crippen molar-refractivity contribution in [3.8, 4) is 11.4 Å². The Balaban J connectivity index is 1.68. The van der Waals surface area contributed by atoms with Crippen molar-refractivity contribution in [3.05, 3.63) is 58.1 Å². The van der Waals surface area contributed by atoms with E-state index in [1.807, 2.05) is 19.1 Å². The molecule has 1 aromatic heterocycles. The van der Waals surface area contributed by atoms with E-state index in [1.54, 1.807) is 30.3 Å². The fourth-order valence-corrected chi connectivity index (χ4v) is 2.42. The molecule has 3 aromatic rings. The maximum Gasteiger partial charge on any atom is 0.248 e. The van der Waals surface area contributed by atoms with Crippen molar-refractivity contribution in [3.63, 3.8) is 0 Å². The van der Waals surface area contributed by atoms with Crippen LogP contribution in [0.3, 0.4) is 0 Å². The molecule has 0 unspecified atom stereocenters. The van der Waals surface area contributed by atoms with Gasteiger partial charge in [-0.3, -0.25) is 4.79 Å². The van der Waals surface area contributed by atoms with Crippen LogP contribution in [0.2, 0.25) is 10.0 Å². The molecular weight excluding hydrogens is 349 g/mol. The summed E-state index contributed by atoms with van der Waals surface area (Å²) in [5, 5.41) is 15.9. The first-order valence-electron chi connectivity index (χ1n) is 7.11. The summed E-state index contributed by atoms with van der Waals surface area (Å²) in [6.45, 7) is 1.84. The standard InChI is InChI=1S/C16H13Cl2N5O/c1-10-5-6-13(8-14(10)18)19-15(24)9-23-21-16(20-22-23)11-3-2-4-12(17)7-11/h2-8H,9H2,1H3,(H,19,24). The molecule has 1 amide bonds. The number of aryl methyl sites for hydroxylation is 1. The average Bonchev–Trinajstić information content (AvgIpc) is 2.99. The third-order valence-electron chi connectivity index (χ3n) is 3.28. The van der Waals surface area contributed by atoms with Crippen molar-refractivity contribution in [2.75, 3.05) is 5.32 Å². The zero-order chi connectivity index (χ0) is 17.1. The van der Waals surface area contributed by atoms with Crippen molar-refractivity contribution in [1.29, 1.82) is 0 Å². The number of aromatic nitrogens is 4. The Morgan fingerprint density at radius 3 is 2.79 bits per heavy atom. The minimum atomic E-state index is -0.273. The van der Waals surface area contributed by atoms with Gasteiger partial charge in [0.05, 0.1) is 0 Å². The second kappa shape index (κ2) is 6.98. The minimum absolute atomic E-state index is 0.0565. The second-order valence-electron chi connectivity index (χ2n) is 5.17. The molecule has 8 heteroatoms. The maximum atomic E-state index is 12.1. The predicted molar refractivity (Wildman–Crippen MR) is 93.1 cm³/mol. The van der Waals surface area contributed by atoms with Gasteiger partial charge in [-0.05, 0) is 42.0 Å². The molecule has 0 radical (unpaired) electrons. The number of nitrogens with one attached hydrogen (secondary N) is 1. The van der Waals surface area contributed by atoms with Crippen LogP contribution in [0.25, 0.3) is 11.4 Å². The first-order valence-corrected chi connectivity index (χ1v) is 7.86. The lowest BCUT2D eigenvalue weighted by Gasteiger charge is -2.06. The van der Waals surface area contributed by atoms with Crippen molar-refractivity contribution in [2.45, 2.75) is 13.5 Å². The van der Waals surface area contributed by atoms with E-state index in [0.29, 0.717) is 21.6 Å². The lowest BCUT2D eigenvalue weighted by Crippen LogP contribution is -2.20. The zero-order valence-electron chi connectivity index (χ0n) is 12.7. The van der Waals surface area contributed by atoms with Gasteiger partial charge in [0.25, 0.3) is 0 Å². The molecular formula is C16H13Cl2N5O. The summed E-state index contributed by atoms with van der Waals surface area (Å²) in [6.07, 6.45) is 0. The highest BCUT2D eigenvalue weighted by atomic mass is 35.5. The number of amides is 1. The number of carbonyl (C=O) groups is 1. The maximum absolute atomic E-state index is 12.1. The van der Waals surface area contributed by atoms with Crippen molar-refractivity contribution >= 4 is 34.8 Å². The molecule has 0 saturated heterocycles. The van der Waals surface area contributed by atoms with Gasteiger partial charge in [0.1, 0.15) is 6.54 Å². The highest BCUT2D eigenvalue weighted by molar-refractivity contribution is 6.31. The van der Waals surface area contributed by atoms with E-state index in [9.17, 15) is 4.79 Å². The number of nitrogens with zero attached hydrogens (tertiary/aromatic N) is 4. The smallest absolute Gasteiger partial charge is 0.248 e. The van der Waals surface area contributed by atoms with Crippen LogP contribution in [-0.2, 0) is 11.3 Å². The van der Waals surface area contributed by atoms with Crippen LogP contribution in [0.15, 0.2) is 42.5 Å². The zero-order valence-corrected chi connectivity index (χ0v) is 14.2. The Labute approximate surface area is 148 Å². The SMILES string of the molecule is Cc1ccc(NC(=O)Cn2nnc(-c3cccc(Cl)c3)n2)cc1Cl. The Morgan fingerprint density at radius 2 is 2.04 bits per heavy atom. The summed E-state index contributed by atoms with van der Waals surface area (Å²) in [5.74, 6) is 0.133. The molecule has 0 fully saturated rings. The number of carbonyl (C=O) groups excluding carboxylic acids is 1. The van der Waals surface area contributed by atoms with E-state index in [2.05, 4.69) is 20.7 Å². The van der Waals surface area contributed by atoms with E-state index < -0.39 is 0 Å². The lowest BCUT2D eigenvalue weighted by atomic mass is 10.2. The Morgan fingerprint density at radius 1 is 1.21 bits per heavy atom. The quantitative estimate of drug-likeness (QED) is 0.770. The van der Waals surface area contributed by atoms with Gasteiger partial charge >= 0.3 is 0 Å². The van der Waals surface area contributed by atoms with Gasteiger partial charge in [0, 0.05) is 21.3 Å². The molecule has 0 aliphatic carbocycles. The molecule has 0 aliphatic rings. The van der Waals surface area contributed by atoms with Gasteiger partial charge in [0.15, 0.2) is 0 Å². The van der Waals surface area contributed by atoms with Gasteiger partial charge < -0.3 is 5.32 Å². The van der Waals surface area contributed by atoms with Crippen LogP contribution in [0.5, 0.6) is 0 Å². The van der Waals surface area contributed by atoms with Gasteiger partial charge in [-0.1, -0.05) is 41.4 Å². The van der Waals surface area contributed by atoms with Crippen molar-refractivity contribution in [1.82, 2.24) is 20.2 Å². The van der Waals surface area contributed by atoms with Gasteiger partial charge in [0.2, 0.25) is 11.7 Å². The third-order valence-corrected chi connectivity index (χ3v) is 3.92. The average molecular weight is 362 g/mol. The van der Waals surface area contributed by atoms with Crippen LogP contribution < -0.4 is 5.32 Å². The van der Waals surface area contributed by atoms with Crippen LogP contribution in [0.4, 0.5) is 5.69 Å². The van der Waals surface area contributed by atoms with E-state index in [4.69, 9.17) is 23.2 Å². The fraction of sp³-hybridized carbons (Fsp3) is 0.125. The van der Waals surface area contributed by atoms with Gasteiger partial charge in [-0.15, -0.1) is 10.2 Å². The Kier molecular flexibility index (Phi) is 4.78. The first kappa shape index (κ1) is 16.4. The number of benzene rings is 2. The lowest BCUT2D eigenvalue weighted by molar-refractivity contribution is -0.117. The number of hydrogen-bond acceptors (Lipinski definition) is 4. The number of tetrazole rings is 1. The number of halogens is 2. The highest BCUT2D eigenvalue weighted by Crippen LogP contribution is 2.20. The summed E-state index contributed by atoms with van der Waals surface area (Å²) < 4.78 is 0. The second-order valence-corrected chi connectivity index (χ2v) is 6.01. The molecule has 2 aromatic carbocycles. The Hall–Kier alpha value is -2.44. The minimum Gasteiger partial charge on any atom is -0.324 e. The summed E-state index contributed by atoms with van der Waals surface area (Å²) >= 11 is 12.0. The van der Waals surface area contributed by atoms with Crippen molar-refractivity contribution < 1.29 is 4.79 Å². The van der Waals surface area contributed by atoms with Crippen LogP contribution in [0, 0.1) is 6.92 Å². The number of rotatable bonds is 4. The van der Waals surface area contributed by atoms with Gasteiger partial charge in [-0.25, -0.2) is 0 Å². The Bertz CT molecular complexity index is 894. The molecule has 24 heavy (non-hydrogen) atoms. The first-order chi connectivity index (χ1) is 11.5. The normalized spacial score (nSPS) is 10.6. The molecule has 0 aliphatic heterocycles. The summed E-state index contributed by atoms with van der Waals surface area (Å²) in [5.41, 5.74) is 2.30. The topological polar surface area (TPSA) is 72.7 Å². The summed E-state index contributed by atoms with van der Waals surface area (Å²) in [6, 6.07) is 12.4. The molecule has 122 valence electrons. The van der Waals surface area contributed by atoms with Crippen molar-refractivity contribution in [2.24, 2.45) is 0 Å². The number of anilines is 1. The monoisotopic (exact) mass is 361 g/mol. The predicted octanol–water partition coefficient (Wildman–Crippen LogP) is 3.59. The van der Waals surface area contributed by atoms with E-state index in [-0.39, 0.29) is 12.5 Å². The van der Waals surface area contributed by atoms with Crippen LogP contribution in [0.1, 0.15) is 5.56 Å². The molecule has 1 N–H and O–H groups in total. The van der Waals surface area contributed by atoms with Crippen LogP contribution >= 0.6 is 23.2 Å². The molecule has 3 rings (SSSR count).